The molecule has 0 saturated carbocycles. The highest BCUT2D eigenvalue weighted by Crippen LogP contribution is 2.35. The smallest absolute Gasteiger partial charge is 0.416 e. The molecule has 0 aliphatic heterocycles. The lowest BCUT2D eigenvalue weighted by molar-refractivity contribution is -0.137. The lowest BCUT2D eigenvalue weighted by atomic mass is 9.99. The van der Waals surface area contributed by atoms with Crippen LogP contribution in [0.25, 0.3) is 33.3 Å². The SMILES string of the molecule is COc1ccc(-c2ccc3ncnc(-c4ccc(C(F)(F)F)cc4)c3c2)cc1OC. The number of alkyl halides is 3. The van der Waals surface area contributed by atoms with E-state index in [1.165, 1.54) is 18.5 Å². The van der Waals surface area contributed by atoms with Crippen molar-refractivity contribution in [1.82, 2.24) is 9.97 Å². The Balaban J connectivity index is 1.82. The molecule has 4 nitrogen and oxygen atoms in total. The van der Waals surface area contributed by atoms with E-state index in [-0.39, 0.29) is 0 Å². The molecule has 0 aliphatic rings. The molecule has 4 aromatic rings. The number of hydrogen-bond donors (Lipinski definition) is 0. The summed E-state index contributed by atoms with van der Waals surface area (Å²) in [5.74, 6) is 1.22. The van der Waals surface area contributed by atoms with Crippen LogP contribution in [-0.4, -0.2) is 24.2 Å². The Morgan fingerprint density at radius 3 is 2.00 bits per heavy atom. The number of methoxy groups -OCH3 is 2. The van der Waals surface area contributed by atoms with Crippen LogP contribution in [0.2, 0.25) is 0 Å². The number of benzene rings is 3. The Labute approximate surface area is 170 Å². The summed E-state index contributed by atoms with van der Waals surface area (Å²) in [6.45, 7) is 0. The fourth-order valence-electron chi connectivity index (χ4n) is 3.30. The molecule has 1 aromatic heterocycles. The Morgan fingerprint density at radius 1 is 0.700 bits per heavy atom. The second kappa shape index (κ2) is 7.67. The topological polar surface area (TPSA) is 44.2 Å². The molecule has 3 aromatic carbocycles. The van der Waals surface area contributed by atoms with Gasteiger partial charge in [-0.25, -0.2) is 9.97 Å². The Bertz CT molecular complexity index is 1210. The Morgan fingerprint density at radius 2 is 1.33 bits per heavy atom. The third-order valence-corrected chi connectivity index (χ3v) is 4.84. The summed E-state index contributed by atoms with van der Waals surface area (Å²) < 4.78 is 49.3. The van der Waals surface area contributed by atoms with Crippen molar-refractivity contribution in [3.05, 3.63) is 72.6 Å². The molecule has 0 aliphatic carbocycles. The summed E-state index contributed by atoms with van der Waals surface area (Å²) in [7, 11) is 3.14. The van der Waals surface area contributed by atoms with Gasteiger partial charge in [-0.05, 0) is 47.5 Å². The zero-order valence-electron chi connectivity index (χ0n) is 16.2. The van der Waals surface area contributed by atoms with E-state index in [1.54, 1.807) is 14.2 Å². The summed E-state index contributed by atoms with van der Waals surface area (Å²) >= 11 is 0. The fraction of sp³-hybridized carbons (Fsp3) is 0.130. The fourth-order valence-corrected chi connectivity index (χ4v) is 3.30. The minimum absolute atomic E-state index is 0.566. The Hall–Kier alpha value is -3.61. The Kier molecular flexibility index (Phi) is 5.03. The van der Waals surface area contributed by atoms with Crippen molar-refractivity contribution in [1.29, 1.82) is 0 Å². The molecule has 0 N–H and O–H groups in total. The zero-order chi connectivity index (χ0) is 21.3. The van der Waals surface area contributed by atoms with E-state index in [1.807, 2.05) is 36.4 Å². The molecule has 0 unspecified atom stereocenters. The molecule has 30 heavy (non-hydrogen) atoms. The first-order chi connectivity index (χ1) is 14.4. The molecule has 0 spiro atoms. The highest BCUT2D eigenvalue weighted by atomic mass is 19.4. The maximum Gasteiger partial charge on any atom is 0.416 e. The number of halogens is 3. The maximum absolute atomic E-state index is 12.9. The highest BCUT2D eigenvalue weighted by molar-refractivity contribution is 5.95. The first kappa shape index (κ1) is 19.7. The zero-order valence-corrected chi connectivity index (χ0v) is 16.2. The van der Waals surface area contributed by atoms with Crippen molar-refractivity contribution in [2.75, 3.05) is 14.2 Å². The number of nitrogens with zero attached hydrogens (tertiary/aromatic N) is 2. The van der Waals surface area contributed by atoms with Crippen molar-refractivity contribution in [3.8, 4) is 33.9 Å². The van der Waals surface area contributed by atoms with Crippen LogP contribution < -0.4 is 9.47 Å². The van der Waals surface area contributed by atoms with Gasteiger partial charge in [0.05, 0.1) is 31.0 Å². The van der Waals surface area contributed by atoms with E-state index >= 15 is 0 Å². The summed E-state index contributed by atoms with van der Waals surface area (Å²) in [4.78, 5) is 8.61. The molecular weight excluding hydrogens is 393 g/mol. The van der Waals surface area contributed by atoms with E-state index in [4.69, 9.17) is 9.47 Å². The van der Waals surface area contributed by atoms with Gasteiger partial charge in [0, 0.05) is 10.9 Å². The summed E-state index contributed by atoms with van der Waals surface area (Å²) in [6.07, 6.45) is -2.97. The van der Waals surface area contributed by atoms with E-state index in [0.29, 0.717) is 28.3 Å². The van der Waals surface area contributed by atoms with Crippen LogP contribution in [0.15, 0.2) is 67.0 Å². The summed E-state index contributed by atoms with van der Waals surface area (Å²) in [6, 6.07) is 16.2. The molecule has 152 valence electrons. The molecule has 0 amide bonds. The average Bonchev–Trinajstić information content (AvgIpc) is 2.77. The number of hydrogen-bond acceptors (Lipinski definition) is 4. The molecule has 0 radical (unpaired) electrons. The molecule has 0 saturated heterocycles. The van der Waals surface area contributed by atoms with Gasteiger partial charge in [-0.2, -0.15) is 13.2 Å². The van der Waals surface area contributed by atoms with Crippen molar-refractivity contribution in [2.45, 2.75) is 6.18 Å². The highest BCUT2D eigenvalue weighted by Gasteiger charge is 2.30. The molecule has 0 atom stereocenters. The van der Waals surface area contributed by atoms with Gasteiger partial charge >= 0.3 is 6.18 Å². The lowest BCUT2D eigenvalue weighted by Gasteiger charge is -2.12. The van der Waals surface area contributed by atoms with Gasteiger partial charge < -0.3 is 9.47 Å². The third kappa shape index (κ3) is 3.66. The second-order valence-electron chi connectivity index (χ2n) is 6.60. The van der Waals surface area contributed by atoms with Crippen LogP contribution in [0.5, 0.6) is 11.5 Å². The molecule has 0 bridgehead atoms. The first-order valence-corrected chi connectivity index (χ1v) is 9.05. The van der Waals surface area contributed by atoms with Crippen LogP contribution in [0.1, 0.15) is 5.56 Å². The minimum atomic E-state index is -4.38. The monoisotopic (exact) mass is 410 g/mol. The molecule has 0 fully saturated rings. The van der Waals surface area contributed by atoms with E-state index < -0.39 is 11.7 Å². The van der Waals surface area contributed by atoms with Crippen LogP contribution in [0, 0.1) is 0 Å². The number of aromatic nitrogens is 2. The average molecular weight is 410 g/mol. The molecular formula is C23H17F3N2O2. The maximum atomic E-state index is 12.9. The third-order valence-electron chi connectivity index (χ3n) is 4.84. The van der Waals surface area contributed by atoms with E-state index in [0.717, 1.165) is 28.6 Å². The minimum Gasteiger partial charge on any atom is -0.493 e. The van der Waals surface area contributed by atoms with Gasteiger partial charge in [0.25, 0.3) is 0 Å². The van der Waals surface area contributed by atoms with Gasteiger partial charge in [0.15, 0.2) is 11.5 Å². The van der Waals surface area contributed by atoms with Gasteiger partial charge in [-0.1, -0.05) is 24.3 Å². The predicted molar refractivity (Wildman–Crippen MR) is 109 cm³/mol. The number of fused-ring (bicyclic) bond motifs is 1. The normalized spacial score (nSPS) is 11.5. The molecule has 4 rings (SSSR count). The standard InChI is InChI=1S/C23H17F3N2O2/c1-29-20-10-6-16(12-21(20)30-2)15-5-9-19-18(11-15)22(28-13-27-19)14-3-7-17(8-4-14)23(24,25)26/h3-13H,1-2H3. The van der Waals surface area contributed by atoms with E-state index in [2.05, 4.69) is 9.97 Å². The number of rotatable bonds is 4. The first-order valence-electron chi connectivity index (χ1n) is 9.05. The van der Waals surface area contributed by atoms with Crippen molar-refractivity contribution < 1.29 is 22.6 Å². The van der Waals surface area contributed by atoms with E-state index in [9.17, 15) is 13.2 Å². The van der Waals surface area contributed by atoms with Gasteiger partial charge in [-0.3, -0.25) is 0 Å². The van der Waals surface area contributed by atoms with Crippen molar-refractivity contribution in [3.63, 3.8) is 0 Å². The summed E-state index contributed by atoms with van der Waals surface area (Å²) in [5, 5.41) is 0.740. The van der Waals surface area contributed by atoms with Gasteiger partial charge in [-0.15, -0.1) is 0 Å². The quantitative estimate of drug-likeness (QED) is 0.414. The van der Waals surface area contributed by atoms with Crippen LogP contribution in [0.4, 0.5) is 13.2 Å². The van der Waals surface area contributed by atoms with Gasteiger partial charge in [0.2, 0.25) is 0 Å². The van der Waals surface area contributed by atoms with Crippen LogP contribution in [0.3, 0.4) is 0 Å². The van der Waals surface area contributed by atoms with Crippen molar-refractivity contribution >= 4 is 10.9 Å². The number of ether oxygens (including phenoxy) is 2. The largest absolute Gasteiger partial charge is 0.493 e. The summed E-state index contributed by atoms with van der Waals surface area (Å²) in [5.41, 5.74) is 2.94. The lowest BCUT2D eigenvalue weighted by Crippen LogP contribution is -2.04. The predicted octanol–water partition coefficient (Wildman–Crippen LogP) is 6.00. The van der Waals surface area contributed by atoms with Gasteiger partial charge in [0.1, 0.15) is 6.33 Å². The van der Waals surface area contributed by atoms with Crippen LogP contribution >= 0.6 is 0 Å². The molecule has 1 heterocycles. The van der Waals surface area contributed by atoms with Crippen LogP contribution in [-0.2, 0) is 6.18 Å². The van der Waals surface area contributed by atoms with Crippen molar-refractivity contribution in [2.24, 2.45) is 0 Å². The molecule has 7 heteroatoms. The second-order valence-corrected chi connectivity index (χ2v) is 6.60.